The second-order valence-electron chi connectivity index (χ2n) is 5.94. The maximum atomic E-state index is 12.3. The lowest BCUT2D eigenvalue weighted by molar-refractivity contribution is -0.161. The van der Waals surface area contributed by atoms with Crippen molar-refractivity contribution >= 4 is 11.8 Å². The van der Waals surface area contributed by atoms with Crippen molar-refractivity contribution in [3.05, 3.63) is 0 Å². The Morgan fingerprint density at radius 1 is 1.37 bits per heavy atom. The van der Waals surface area contributed by atoms with Crippen molar-refractivity contribution in [3.8, 4) is 0 Å². The number of hydrogen-bond donors (Lipinski definition) is 0. The van der Waals surface area contributed by atoms with Crippen LogP contribution in [0.25, 0.3) is 0 Å². The third-order valence-electron chi connectivity index (χ3n) is 4.66. The van der Waals surface area contributed by atoms with Crippen LogP contribution in [-0.4, -0.2) is 60.0 Å². The van der Waals surface area contributed by atoms with Gasteiger partial charge < -0.3 is 14.5 Å². The van der Waals surface area contributed by atoms with Gasteiger partial charge in [0.2, 0.25) is 11.8 Å². The number of rotatable bonds is 2. The van der Waals surface area contributed by atoms with Gasteiger partial charge >= 0.3 is 0 Å². The summed E-state index contributed by atoms with van der Waals surface area (Å²) in [6.07, 6.45) is 3.69. The van der Waals surface area contributed by atoms with Gasteiger partial charge in [-0.25, -0.2) is 0 Å². The van der Waals surface area contributed by atoms with Gasteiger partial charge in [0.05, 0.1) is 12.1 Å². The fourth-order valence-electron chi connectivity index (χ4n) is 3.45. The molecule has 3 rings (SSSR count). The topological polar surface area (TPSA) is 49.9 Å². The fourth-order valence-corrected chi connectivity index (χ4v) is 3.45. The van der Waals surface area contributed by atoms with E-state index in [-0.39, 0.29) is 29.8 Å². The number of carbonyl (C=O) groups excluding carboxylic acids is 2. The highest BCUT2D eigenvalue weighted by Crippen LogP contribution is 2.36. The number of carbonyl (C=O) groups is 2. The van der Waals surface area contributed by atoms with Crippen LogP contribution in [0.1, 0.15) is 32.6 Å². The molecular formula is C14H22N2O3. The summed E-state index contributed by atoms with van der Waals surface area (Å²) in [5.74, 6) is 0.484. The van der Waals surface area contributed by atoms with Crippen LogP contribution in [-0.2, 0) is 14.3 Å². The summed E-state index contributed by atoms with van der Waals surface area (Å²) in [4.78, 5) is 28.4. The zero-order valence-corrected chi connectivity index (χ0v) is 11.6. The summed E-state index contributed by atoms with van der Waals surface area (Å²) < 4.78 is 5.44. The Bertz CT molecular complexity index is 386. The van der Waals surface area contributed by atoms with E-state index in [0.29, 0.717) is 19.8 Å². The summed E-state index contributed by atoms with van der Waals surface area (Å²) in [5, 5.41) is 0. The molecule has 5 nitrogen and oxygen atoms in total. The Labute approximate surface area is 113 Å². The van der Waals surface area contributed by atoms with Crippen LogP contribution in [0, 0.1) is 5.92 Å². The van der Waals surface area contributed by atoms with Crippen LogP contribution in [0.2, 0.25) is 0 Å². The molecule has 2 aliphatic heterocycles. The van der Waals surface area contributed by atoms with Gasteiger partial charge in [-0.15, -0.1) is 0 Å². The van der Waals surface area contributed by atoms with Gasteiger partial charge in [-0.05, 0) is 32.6 Å². The molecule has 5 heteroatoms. The molecule has 3 aliphatic rings. The van der Waals surface area contributed by atoms with Crippen LogP contribution >= 0.6 is 0 Å². The van der Waals surface area contributed by atoms with Crippen molar-refractivity contribution in [3.63, 3.8) is 0 Å². The molecular weight excluding hydrogens is 244 g/mol. The molecule has 0 aromatic heterocycles. The SMILES string of the molecule is CCN1C(=O)CN(C(=O)C2CC2)CC12CCOCC2. The molecule has 2 heterocycles. The second kappa shape index (κ2) is 4.78. The van der Waals surface area contributed by atoms with Crippen molar-refractivity contribution in [2.24, 2.45) is 5.92 Å². The third-order valence-corrected chi connectivity index (χ3v) is 4.66. The molecule has 0 N–H and O–H groups in total. The van der Waals surface area contributed by atoms with Gasteiger partial charge in [-0.3, -0.25) is 9.59 Å². The van der Waals surface area contributed by atoms with E-state index in [4.69, 9.17) is 4.74 Å². The maximum Gasteiger partial charge on any atom is 0.242 e. The molecule has 3 fully saturated rings. The largest absolute Gasteiger partial charge is 0.381 e. The van der Waals surface area contributed by atoms with Crippen molar-refractivity contribution < 1.29 is 14.3 Å². The summed E-state index contributed by atoms with van der Waals surface area (Å²) >= 11 is 0. The smallest absolute Gasteiger partial charge is 0.242 e. The van der Waals surface area contributed by atoms with Crippen LogP contribution in [0.15, 0.2) is 0 Å². The molecule has 0 unspecified atom stereocenters. The van der Waals surface area contributed by atoms with Crippen molar-refractivity contribution in [2.45, 2.75) is 38.1 Å². The van der Waals surface area contributed by atoms with Gasteiger partial charge in [-0.2, -0.15) is 0 Å². The van der Waals surface area contributed by atoms with E-state index in [2.05, 4.69) is 0 Å². The Balaban J connectivity index is 1.81. The number of hydrogen-bond acceptors (Lipinski definition) is 3. The third kappa shape index (κ3) is 2.24. The molecule has 0 atom stereocenters. The lowest BCUT2D eigenvalue weighted by Gasteiger charge is -2.52. The molecule has 0 bridgehead atoms. The molecule has 2 amide bonds. The Kier molecular flexibility index (Phi) is 3.25. The van der Waals surface area contributed by atoms with Crippen molar-refractivity contribution in [2.75, 3.05) is 32.8 Å². The molecule has 106 valence electrons. The standard InChI is InChI=1S/C14H22N2O3/c1-2-16-12(17)9-15(13(18)11-3-4-11)10-14(16)5-7-19-8-6-14/h11H,2-10H2,1H3. The number of piperazine rings is 1. The fraction of sp³-hybridized carbons (Fsp3) is 0.857. The van der Waals surface area contributed by atoms with Gasteiger partial charge in [0.25, 0.3) is 0 Å². The van der Waals surface area contributed by atoms with E-state index in [9.17, 15) is 9.59 Å². The van der Waals surface area contributed by atoms with Crippen molar-refractivity contribution in [1.29, 1.82) is 0 Å². The number of ether oxygens (including phenoxy) is 1. The number of nitrogens with zero attached hydrogens (tertiary/aromatic N) is 2. The Morgan fingerprint density at radius 2 is 2.05 bits per heavy atom. The molecule has 0 aromatic carbocycles. The van der Waals surface area contributed by atoms with E-state index >= 15 is 0 Å². The van der Waals surface area contributed by atoms with Crippen LogP contribution in [0.5, 0.6) is 0 Å². The Hall–Kier alpha value is -1.10. The van der Waals surface area contributed by atoms with Crippen LogP contribution in [0.4, 0.5) is 0 Å². The molecule has 0 radical (unpaired) electrons. The minimum Gasteiger partial charge on any atom is -0.381 e. The average Bonchev–Trinajstić information content (AvgIpc) is 3.23. The van der Waals surface area contributed by atoms with Gasteiger partial charge in [0.15, 0.2) is 0 Å². The Morgan fingerprint density at radius 3 is 2.63 bits per heavy atom. The summed E-state index contributed by atoms with van der Waals surface area (Å²) in [6.45, 7) is 5.10. The predicted octanol–water partition coefficient (Wildman–Crippen LogP) is 0.636. The van der Waals surface area contributed by atoms with E-state index in [0.717, 1.165) is 32.2 Å². The first-order valence-electron chi connectivity index (χ1n) is 7.33. The summed E-state index contributed by atoms with van der Waals surface area (Å²) in [7, 11) is 0. The molecule has 1 spiro atoms. The zero-order valence-electron chi connectivity index (χ0n) is 11.6. The second-order valence-corrected chi connectivity index (χ2v) is 5.94. The molecule has 19 heavy (non-hydrogen) atoms. The van der Waals surface area contributed by atoms with E-state index in [1.807, 2.05) is 11.8 Å². The molecule has 1 saturated carbocycles. The van der Waals surface area contributed by atoms with E-state index in [1.54, 1.807) is 4.90 Å². The molecule has 0 aromatic rings. The van der Waals surface area contributed by atoms with Crippen molar-refractivity contribution in [1.82, 2.24) is 9.80 Å². The predicted molar refractivity (Wildman–Crippen MR) is 69.5 cm³/mol. The monoisotopic (exact) mass is 266 g/mol. The highest BCUT2D eigenvalue weighted by atomic mass is 16.5. The van der Waals surface area contributed by atoms with Crippen LogP contribution < -0.4 is 0 Å². The number of amides is 2. The van der Waals surface area contributed by atoms with Gasteiger partial charge in [0.1, 0.15) is 0 Å². The zero-order chi connectivity index (χ0) is 13.5. The maximum absolute atomic E-state index is 12.3. The summed E-state index contributed by atoms with van der Waals surface area (Å²) in [5.41, 5.74) is -0.174. The van der Waals surface area contributed by atoms with E-state index < -0.39 is 0 Å². The average molecular weight is 266 g/mol. The summed E-state index contributed by atoms with van der Waals surface area (Å²) in [6, 6.07) is 0. The van der Waals surface area contributed by atoms with E-state index in [1.165, 1.54) is 0 Å². The molecule has 2 saturated heterocycles. The lowest BCUT2D eigenvalue weighted by Crippen LogP contribution is -2.67. The minimum atomic E-state index is -0.174. The van der Waals surface area contributed by atoms with Crippen LogP contribution in [0.3, 0.4) is 0 Å². The number of likely N-dealkylation sites (N-methyl/N-ethyl adjacent to an activating group) is 1. The first-order valence-corrected chi connectivity index (χ1v) is 7.33. The van der Waals surface area contributed by atoms with Gasteiger partial charge in [0, 0.05) is 32.2 Å². The highest BCUT2D eigenvalue weighted by molar-refractivity contribution is 5.88. The molecule has 1 aliphatic carbocycles. The first-order chi connectivity index (χ1) is 9.16. The quantitative estimate of drug-likeness (QED) is 0.737. The normalized spacial score (nSPS) is 26.9. The minimum absolute atomic E-state index is 0.102. The first kappa shape index (κ1) is 12.9. The van der Waals surface area contributed by atoms with Gasteiger partial charge in [-0.1, -0.05) is 0 Å². The highest BCUT2D eigenvalue weighted by Gasteiger charge is 2.48. The lowest BCUT2D eigenvalue weighted by atomic mass is 9.85.